The molecule has 0 spiro atoms. The van der Waals surface area contributed by atoms with Gasteiger partial charge in [-0.05, 0) is 49.4 Å². The zero-order valence-electron chi connectivity index (χ0n) is 11.5. The van der Waals surface area contributed by atoms with Crippen LogP contribution in [0.3, 0.4) is 0 Å². The Labute approximate surface area is 115 Å². The summed E-state index contributed by atoms with van der Waals surface area (Å²) in [6, 6.07) is 7.77. The van der Waals surface area contributed by atoms with Crippen molar-refractivity contribution in [3.05, 3.63) is 35.4 Å². The maximum atomic E-state index is 12.1. The fourth-order valence-corrected chi connectivity index (χ4v) is 2.77. The molecule has 19 heavy (non-hydrogen) atoms. The Morgan fingerprint density at radius 2 is 2.05 bits per heavy atom. The van der Waals surface area contributed by atoms with Crippen molar-refractivity contribution in [3.8, 4) is 0 Å². The summed E-state index contributed by atoms with van der Waals surface area (Å²) in [5.74, 6) is 0.717. The summed E-state index contributed by atoms with van der Waals surface area (Å²) in [4.78, 5) is 12.1. The Bertz CT molecular complexity index is 411. The van der Waals surface area contributed by atoms with Crippen LogP contribution in [0.1, 0.15) is 48.0 Å². The van der Waals surface area contributed by atoms with Gasteiger partial charge < -0.3 is 11.1 Å². The standard InChI is InChI=1S/C16H24N2O/c17-10-9-13-7-4-8-15(11-13)16(19)18-12-14-5-2-1-3-6-14/h4,7-8,11,14H,1-3,5-6,9-10,12,17H2,(H,18,19). The second-order valence-electron chi connectivity index (χ2n) is 5.45. The zero-order chi connectivity index (χ0) is 13.5. The van der Waals surface area contributed by atoms with Crippen molar-refractivity contribution in [3.63, 3.8) is 0 Å². The van der Waals surface area contributed by atoms with Gasteiger partial charge in [-0.25, -0.2) is 0 Å². The van der Waals surface area contributed by atoms with Crippen molar-refractivity contribution >= 4 is 5.91 Å². The molecule has 2 rings (SSSR count). The number of benzene rings is 1. The van der Waals surface area contributed by atoms with Crippen LogP contribution in [0.2, 0.25) is 0 Å². The van der Waals surface area contributed by atoms with Crippen LogP contribution in [0.4, 0.5) is 0 Å². The maximum absolute atomic E-state index is 12.1. The van der Waals surface area contributed by atoms with Gasteiger partial charge in [-0.3, -0.25) is 4.79 Å². The van der Waals surface area contributed by atoms with E-state index in [1.54, 1.807) is 0 Å². The minimum atomic E-state index is 0.0458. The average molecular weight is 260 g/mol. The molecule has 3 heteroatoms. The largest absolute Gasteiger partial charge is 0.352 e. The number of hydrogen-bond acceptors (Lipinski definition) is 2. The number of carbonyl (C=O) groups excluding carboxylic acids is 1. The molecule has 1 fully saturated rings. The molecule has 1 aliphatic rings. The van der Waals surface area contributed by atoms with E-state index in [0.29, 0.717) is 12.5 Å². The summed E-state index contributed by atoms with van der Waals surface area (Å²) < 4.78 is 0. The molecule has 0 bridgehead atoms. The smallest absolute Gasteiger partial charge is 0.251 e. The maximum Gasteiger partial charge on any atom is 0.251 e. The van der Waals surface area contributed by atoms with E-state index in [2.05, 4.69) is 5.32 Å². The lowest BCUT2D eigenvalue weighted by atomic mass is 9.89. The molecule has 3 nitrogen and oxygen atoms in total. The molecule has 0 unspecified atom stereocenters. The minimum Gasteiger partial charge on any atom is -0.352 e. The SMILES string of the molecule is NCCc1cccc(C(=O)NCC2CCCCC2)c1. The molecule has 1 aliphatic carbocycles. The summed E-state index contributed by atoms with van der Waals surface area (Å²) in [6.45, 7) is 1.44. The number of rotatable bonds is 5. The molecule has 0 aliphatic heterocycles. The van der Waals surface area contributed by atoms with E-state index >= 15 is 0 Å². The van der Waals surface area contributed by atoms with Gasteiger partial charge in [0.15, 0.2) is 0 Å². The molecular formula is C16H24N2O. The zero-order valence-corrected chi connectivity index (χ0v) is 11.5. The third-order valence-electron chi connectivity index (χ3n) is 3.90. The molecule has 0 radical (unpaired) electrons. The lowest BCUT2D eigenvalue weighted by Gasteiger charge is -2.21. The molecule has 0 heterocycles. The van der Waals surface area contributed by atoms with E-state index in [4.69, 9.17) is 5.73 Å². The first-order valence-electron chi connectivity index (χ1n) is 7.37. The van der Waals surface area contributed by atoms with Gasteiger partial charge in [0.05, 0.1) is 0 Å². The molecule has 1 saturated carbocycles. The van der Waals surface area contributed by atoms with Gasteiger partial charge in [0, 0.05) is 12.1 Å². The van der Waals surface area contributed by atoms with Crippen LogP contribution in [0.15, 0.2) is 24.3 Å². The molecule has 3 N–H and O–H groups in total. The Kier molecular flexibility index (Phi) is 5.40. The van der Waals surface area contributed by atoms with Crippen LogP contribution in [0.25, 0.3) is 0 Å². The van der Waals surface area contributed by atoms with Crippen molar-refractivity contribution in [2.75, 3.05) is 13.1 Å². The number of nitrogens with two attached hydrogens (primary N) is 1. The Hall–Kier alpha value is -1.35. The predicted octanol–water partition coefficient (Wildman–Crippen LogP) is 2.50. The third-order valence-corrected chi connectivity index (χ3v) is 3.90. The van der Waals surface area contributed by atoms with Crippen molar-refractivity contribution < 1.29 is 4.79 Å². The highest BCUT2D eigenvalue weighted by Crippen LogP contribution is 2.22. The van der Waals surface area contributed by atoms with Crippen LogP contribution in [0, 0.1) is 5.92 Å². The molecule has 104 valence electrons. The molecular weight excluding hydrogens is 236 g/mol. The summed E-state index contributed by atoms with van der Waals surface area (Å²) in [6.07, 6.45) is 7.31. The molecule has 1 aromatic carbocycles. The number of nitrogens with one attached hydrogen (secondary N) is 1. The Morgan fingerprint density at radius 1 is 1.26 bits per heavy atom. The summed E-state index contributed by atoms with van der Waals surface area (Å²) in [7, 11) is 0. The highest BCUT2D eigenvalue weighted by atomic mass is 16.1. The molecule has 0 atom stereocenters. The van der Waals surface area contributed by atoms with Gasteiger partial charge in [-0.15, -0.1) is 0 Å². The van der Waals surface area contributed by atoms with Gasteiger partial charge in [-0.1, -0.05) is 31.4 Å². The number of hydrogen-bond donors (Lipinski definition) is 2. The van der Waals surface area contributed by atoms with Crippen molar-refractivity contribution in [1.82, 2.24) is 5.32 Å². The fraction of sp³-hybridized carbons (Fsp3) is 0.562. The van der Waals surface area contributed by atoms with Gasteiger partial charge in [-0.2, -0.15) is 0 Å². The second kappa shape index (κ2) is 7.29. The van der Waals surface area contributed by atoms with E-state index in [1.807, 2.05) is 24.3 Å². The first-order chi connectivity index (χ1) is 9.29. The van der Waals surface area contributed by atoms with Crippen LogP contribution in [0.5, 0.6) is 0 Å². The van der Waals surface area contributed by atoms with Crippen LogP contribution in [-0.4, -0.2) is 19.0 Å². The van der Waals surface area contributed by atoms with E-state index in [0.717, 1.165) is 24.1 Å². The van der Waals surface area contributed by atoms with Gasteiger partial charge in [0.1, 0.15) is 0 Å². The topological polar surface area (TPSA) is 55.1 Å². The van der Waals surface area contributed by atoms with E-state index in [1.165, 1.54) is 32.1 Å². The Morgan fingerprint density at radius 3 is 2.79 bits per heavy atom. The summed E-state index contributed by atoms with van der Waals surface area (Å²) in [5.41, 5.74) is 7.43. The third kappa shape index (κ3) is 4.35. The minimum absolute atomic E-state index is 0.0458. The second-order valence-corrected chi connectivity index (χ2v) is 5.45. The van der Waals surface area contributed by atoms with Gasteiger partial charge in [0.25, 0.3) is 5.91 Å². The van der Waals surface area contributed by atoms with Crippen molar-refractivity contribution in [2.45, 2.75) is 38.5 Å². The van der Waals surface area contributed by atoms with E-state index in [9.17, 15) is 4.79 Å². The summed E-state index contributed by atoms with van der Waals surface area (Å²) >= 11 is 0. The summed E-state index contributed by atoms with van der Waals surface area (Å²) in [5, 5.41) is 3.07. The van der Waals surface area contributed by atoms with Gasteiger partial charge >= 0.3 is 0 Å². The monoisotopic (exact) mass is 260 g/mol. The quantitative estimate of drug-likeness (QED) is 0.854. The Balaban J connectivity index is 1.86. The van der Waals surface area contributed by atoms with Gasteiger partial charge in [0.2, 0.25) is 0 Å². The lowest BCUT2D eigenvalue weighted by molar-refractivity contribution is 0.0943. The highest BCUT2D eigenvalue weighted by Gasteiger charge is 2.14. The number of amides is 1. The number of carbonyl (C=O) groups is 1. The lowest BCUT2D eigenvalue weighted by Crippen LogP contribution is -2.30. The fourth-order valence-electron chi connectivity index (χ4n) is 2.77. The van der Waals surface area contributed by atoms with E-state index < -0.39 is 0 Å². The normalized spacial score (nSPS) is 16.3. The van der Waals surface area contributed by atoms with Crippen LogP contribution in [-0.2, 0) is 6.42 Å². The molecule has 1 aromatic rings. The van der Waals surface area contributed by atoms with E-state index in [-0.39, 0.29) is 5.91 Å². The molecule has 0 aromatic heterocycles. The van der Waals surface area contributed by atoms with Crippen LogP contribution >= 0.6 is 0 Å². The van der Waals surface area contributed by atoms with Crippen molar-refractivity contribution in [2.24, 2.45) is 11.7 Å². The van der Waals surface area contributed by atoms with Crippen molar-refractivity contribution in [1.29, 1.82) is 0 Å². The highest BCUT2D eigenvalue weighted by molar-refractivity contribution is 5.94. The molecule has 1 amide bonds. The first kappa shape index (κ1) is 14.1. The molecule has 0 saturated heterocycles. The van der Waals surface area contributed by atoms with Crippen LogP contribution < -0.4 is 11.1 Å². The predicted molar refractivity (Wildman–Crippen MR) is 78.1 cm³/mol. The average Bonchev–Trinajstić information content (AvgIpc) is 2.46. The first-order valence-corrected chi connectivity index (χ1v) is 7.37.